The molecule has 1 aromatic carbocycles. The van der Waals surface area contributed by atoms with Crippen LogP contribution in [0.3, 0.4) is 0 Å². The summed E-state index contributed by atoms with van der Waals surface area (Å²) in [7, 11) is 0. The highest BCUT2D eigenvalue weighted by Crippen LogP contribution is 2.43. The number of fused-ring (bicyclic) bond motifs is 6. The number of aryl methyl sites for hydroxylation is 1. The van der Waals surface area contributed by atoms with E-state index >= 15 is 0 Å². The minimum Gasteiger partial charge on any atom is -0.423 e. The summed E-state index contributed by atoms with van der Waals surface area (Å²) in [5.41, 5.74) is 2.90. The molecule has 2 aromatic rings. The normalized spacial score (nSPS) is 29.4. The van der Waals surface area contributed by atoms with Gasteiger partial charge in [0.1, 0.15) is 5.58 Å². The van der Waals surface area contributed by atoms with Crippen LogP contribution in [0, 0.1) is 11.8 Å². The van der Waals surface area contributed by atoms with Crippen molar-refractivity contribution in [1.29, 1.82) is 0 Å². The number of nitrogens with zero attached hydrogens (tertiary/aromatic N) is 1. The van der Waals surface area contributed by atoms with E-state index in [-0.39, 0.29) is 30.4 Å². The molecule has 4 atom stereocenters. The Hall–Kier alpha value is -1.07. The van der Waals surface area contributed by atoms with Gasteiger partial charge < -0.3 is 9.73 Å². The average Bonchev–Trinajstić information content (AvgIpc) is 3.27. The second-order valence-corrected chi connectivity index (χ2v) is 7.75. The minimum absolute atomic E-state index is 0. The summed E-state index contributed by atoms with van der Waals surface area (Å²) >= 11 is 0. The Labute approximate surface area is 166 Å². The Kier molecular flexibility index (Phi) is 5.69. The molecular formula is C20H26Cl2N2O2. The number of hydrogen-bond donors (Lipinski definition) is 1. The van der Waals surface area contributed by atoms with Crippen LogP contribution in [0.15, 0.2) is 33.5 Å². The van der Waals surface area contributed by atoms with Crippen LogP contribution in [0.1, 0.15) is 30.9 Å². The van der Waals surface area contributed by atoms with Crippen molar-refractivity contribution < 1.29 is 4.42 Å². The van der Waals surface area contributed by atoms with Crippen molar-refractivity contribution in [3.05, 3.63) is 45.8 Å². The first-order valence-electron chi connectivity index (χ1n) is 9.25. The highest BCUT2D eigenvalue weighted by molar-refractivity contribution is 5.85. The molecule has 3 saturated heterocycles. The fraction of sp³-hybridized carbons (Fsp3) is 0.550. The Bertz CT molecular complexity index is 835. The van der Waals surface area contributed by atoms with E-state index in [2.05, 4.69) is 29.3 Å². The van der Waals surface area contributed by atoms with Crippen LogP contribution >= 0.6 is 24.8 Å². The number of halogens is 2. The molecule has 5 rings (SSSR count). The molecule has 3 aliphatic rings. The van der Waals surface area contributed by atoms with Crippen molar-refractivity contribution in [1.82, 2.24) is 10.2 Å². The van der Waals surface area contributed by atoms with E-state index in [9.17, 15) is 4.79 Å². The monoisotopic (exact) mass is 396 g/mol. The summed E-state index contributed by atoms with van der Waals surface area (Å²) in [6.45, 7) is 5.34. The lowest BCUT2D eigenvalue weighted by atomic mass is 9.82. The van der Waals surface area contributed by atoms with Crippen LogP contribution < -0.4 is 10.9 Å². The van der Waals surface area contributed by atoms with Crippen molar-refractivity contribution in [3.63, 3.8) is 0 Å². The number of rotatable bonds is 3. The van der Waals surface area contributed by atoms with E-state index < -0.39 is 0 Å². The van der Waals surface area contributed by atoms with Crippen LogP contribution in [0.25, 0.3) is 11.0 Å². The van der Waals surface area contributed by atoms with Gasteiger partial charge in [0.2, 0.25) is 0 Å². The summed E-state index contributed by atoms with van der Waals surface area (Å²) < 4.78 is 5.40. The van der Waals surface area contributed by atoms with Gasteiger partial charge in [-0.25, -0.2) is 4.79 Å². The van der Waals surface area contributed by atoms with Gasteiger partial charge in [-0.05, 0) is 54.4 Å². The predicted molar refractivity (Wildman–Crippen MR) is 109 cm³/mol. The number of likely N-dealkylation sites (tertiary alicyclic amines) is 1. The molecule has 0 unspecified atom stereocenters. The Morgan fingerprint density at radius 1 is 1.12 bits per heavy atom. The van der Waals surface area contributed by atoms with Crippen LogP contribution in [0.5, 0.6) is 0 Å². The first-order valence-corrected chi connectivity index (χ1v) is 9.25. The van der Waals surface area contributed by atoms with Gasteiger partial charge in [-0.15, -0.1) is 24.8 Å². The molecule has 1 aromatic heterocycles. The molecular weight excluding hydrogens is 371 g/mol. The SMILES string of the molecule is CCc1ccc2oc(=O)cc(CN3C[C@@H]4[C@H](C3)[C@@H]3CC[C@H]4N3)c2c1.Cl.Cl. The summed E-state index contributed by atoms with van der Waals surface area (Å²) in [5, 5.41) is 4.88. The molecule has 6 heteroatoms. The van der Waals surface area contributed by atoms with E-state index in [1.54, 1.807) is 6.07 Å². The fourth-order valence-corrected chi connectivity index (χ4v) is 5.26. The smallest absolute Gasteiger partial charge is 0.336 e. The minimum atomic E-state index is -0.233. The van der Waals surface area contributed by atoms with Gasteiger partial charge in [-0.2, -0.15) is 0 Å². The van der Waals surface area contributed by atoms with Crippen molar-refractivity contribution in [2.45, 2.75) is 44.8 Å². The molecule has 0 saturated carbocycles. The molecule has 4 heterocycles. The zero-order valence-electron chi connectivity index (χ0n) is 14.9. The van der Waals surface area contributed by atoms with Gasteiger partial charge in [0.25, 0.3) is 0 Å². The van der Waals surface area contributed by atoms with E-state index in [0.29, 0.717) is 0 Å². The molecule has 3 fully saturated rings. The molecule has 0 amide bonds. The van der Waals surface area contributed by atoms with Crippen molar-refractivity contribution >= 4 is 35.8 Å². The zero-order valence-corrected chi connectivity index (χ0v) is 16.6. The van der Waals surface area contributed by atoms with Crippen molar-refractivity contribution in [3.8, 4) is 0 Å². The first-order chi connectivity index (χ1) is 11.7. The van der Waals surface area contributed by atoms with E-state index in [1.807, 2.05) is 6.07 Å². The van der Waals surface area contributed by atoms with Crippen LogP contribution in [0.4, 0.5) is 0 Å². The van der Waals surface area contributed by atoms with Gasteiger partial charge in [0.15, 0.2) is 0 Å². The summed E-state index contributed by atoms with van der Waals surface area (Å²) in [5.74, 6) is 1.61. The highest BCUT2D eigenvalue weighted by Gasteiger charge is 2.51. The van der Waals surface area contributed by atoms with E-state index in [4.69, 9.17) is 4.42 Å². The lowest BCUT2D eigenvalue weighted by Gasteiger charge is -2.20. The lowest BCUT2D eigenvalue weighted by Crippen LogP contribution is -2.31. The Morgan fingerprint density at radius 3 is 2.46 bits per heavy atom. The Morgan fingerprint density at radius 2 is 1.81 bits per heavy atom. The molecule has 142 valence electrons. The molecule has 26 heavy (non-hydrogen) atoms. The van der Waals surface area contributed by atoms with E-state index in [1.165, 1.54) is 18.4 Å². The maximum atomic E-state index is 11.9. The Balaban J connectivity index is 0.000000980. The van der Waals surface area contributed by atoms with Gasteiger partial charge in [-0.1, -0.05) is 13.0 Å². The van der Waals surface area contributed by atoms with Gasteiger partial charge in [0, 0.05) is 43.2 Å². The van der Waals surface area contributed by atoms with Crippen molar-refractivity contribution in [2.75, 3.05) is 13.1 Å². The molecule has 2 bridgehead atoms. The van der Waals surface area contributed by atoms with E-state index in [0.717, 1.165) is 66.5 Å². The summed E-state index contributed by atoms with van der Waals surface area (Å²) in [6.07, 6.45) is 3.69. The lowest BCUT2D eigenvalue weighted by molar-refractivity contribution is 0.295. The largest absolute Gasteiger partial charge is 0.423 e. The number of benzene rings is 1. The van der Waals surface area contributed by atoms with Crippen LogP contribution in [-0.4, -0.2) is 30.1 Å². The van der Waals surface area contributed by atoms with Gasteiger partial charge >= 0.3 is 5.63 Å². The average molecular weight is 397 g/mol. The van der Waals surface area contributed by atoms with Crippen LogP contribution in [-0.2, 0) is 13.0 Å². The molecule has 0 aliphatic carbocycles. The molecule has 4 nitrogen and oxygen atoms in total. The number of nitrogens with one attached hydrogen (secondary N) is 1. The standard InChI is InChI=1S/C20H24N2O2.2ClH/c1-2-12-3-6-19-14(7-12)13(8-20(23)24-19)9-22-10-15-16(11-22)18-5-4-17(15)21-18;;/h3,6-8,15-18,21H,2,4-5,9-11H2,1H3;2*1H/t15-,16+,17-,18+;;. The quantitative estimate of drug-likeness (QED) is 0.807. The zero-order chi connectivity index (χ0) is 16.3. The molecule has 0 spiro atoms. The predicted octanol–water partition coefficient (Wildman–Crippen LogP) is 3.38. The van der Waals surface area contributed by atoms with Crippen LogP contribution in [0.2, 0.25) is 0 Å². The first kappa shape index (κ1) is 19.7. The third kappa shape index (κ3) is 3.18. The fourth-order valence-electron chi connectivity index (χ4n) is 5.26. The maximum absolute atomic E-state index is 11.9. The second kappa shape index (κ2) is 7.51. The third-order valence-corrected chi connectivity index (χ3v) is 6.43. The second-order valence-electron chi connectivity index (χ2n) is 7.75. The van der Waals surface area contributed by atoms with Gasteiger partial charge in [-0.3, -0.25) is 4.90 Å². The highest BCUT2D eigenvalue weighted by atomic mass is 35.5. The third-order valence-electron chi connectivity index (χ3n) is 6.43. The van der Waals surface area contributed by atoms with Crippen molar-refractivity contribution in [2.24, 2.45) is 11.8 Å². The van der Waals surface area contributed by atoms with Gasteiger partial charge in [0.05, 0.1) is 0 Å². The summed E-state index contributed by atoms with van der Waals surface area (Å²) in [6, 6.07) is 9.35. The topological polar surface area (TPSA) is 45.5 Å². The summed E-state index contributed by atoms with van der Waals surface area (Å²) in [4.78, 5) is 14.5. The maximum Gasteiger partial charge on any atom is 0.336 e. The molecule has 0 radical (unpaired) electrons. The molecule has 1 N–H and O–H groups in total. The molecule has 3 aliphatic heterocycles. The number of hydrogen-bond acceptors (Lipinski definition) is 4.